The van der Waals surface area contributed by atoms with E-state index in [0.717, 1.165) is 0 Å². The van der Waals surface area contributed by atoms with Crippen molar-refractivity contribution in [3.8, 4) is 0 Å². The Labute approximate surface area is 109 Å². The third kappa shape index (κ3) is 12.2. The Morgan fingerprint density at radius 2 is 1.85 bits per heavy atom. The molecule has 0 aliphatic carbocycles. The molecule has 0 saturated heterocycles. The zero-order valence-electron chi connectivity index (χ0n) is 9.78. The van der Waals surface area contributed by atoms with Gasteiger partial charge in [0.25, 0.3) is 0 Å². The van der Waals surface area contributed by atoms with Crippen LogP contribution in [-0.4, -0.2) is 65.8 Å². The van der Waals surface area contributed by atoms with Gasteiger partial charge in [-0.1, -0.05) is 19.0 Å². The van der Waals surface area contributed by atoms with Crippen LogP contribution in [0.5, 0.6) is 0 Å². The number of hydrogen-bond donors (Lipinski definition) is 1. The molecule has 0 aromatic carbocycles. The van der Waals surface area contributed by atoms with Gasteiger partial charge in [0.1, 0.15) is 0 Å². The van der Waals surface area contributed by atoms with Crippen molar-refractivity contribution in [3.63, 3.8) is 0 Å². The molecule has 0 bridgehead atoms. The smallest absolute Gasteiger partial charge is 1.00 e. The second-order valence-electron chi connectivity index (χ2n) is 2.59. The van der Waals surface area contributed by atoms with Crippen LogP contribution in [-0.2, 0) is 4.79 Å². The summed E-state index contributed by atoms with van der Waals surface area (Å²) in [7, 11) is 0. The monoisotopic (exact) mass is 223 g/mol. The van der Waals surface area contributed by atoms with Crippen LogP contribution in [0.2, 0.25) is 0 Å². The second-order valence-corrected chi connectivity index (χ2v) is 2.59. The quantitative estimate of drug-likeness (QED) is 0.506. The molecule has 0 spiro atoms. The van der Waals surface area contributed by atoms with Crippen LogP contribution in [0.1, 0.15) is 23.1 Å². The van der Waals surface area contributed by atoms with Crippen molar-refractivity contribution in [3.05, 3.63) is 4.91 Å². The fraction of sp³-hybridized carbons (Fsp3) is 0.833. The van der Waals surface area contributed by atoms with E-state index in [2.05, 4.69) is 5.18 Å². The van der Waals surface area contributed by atoms with Crippen molar-refractivity contribution < 1.29 is 23.7 Å². The minimum absolute atomic E-state index is 0. The minimum Gasteiger partial charge on any atom is -1.00 e. The fourth-order valence-electron chi connectivity index (χ4n) is 0.635. The third-order valence-corrected chi connectivity index (χ3v) is 1.11. The summed E-state index contributed by atoms with van der Waals surface area (Å²) in [6.07, 6.45) is 0.318. The van der Waals surface area contributed by atoms with Gasteiger partial charge in [0, 0.05) is 0 Å². The SMILES string of the molecule is CC(C)C[C@H](N=O)C(=O)O.O.O.[Ca+2].[H-].[H-]. The predicted octanol–water partition coefficient (Wildman–Crippen LogP) is -0.553. The van der Waals surface area contributed by atoms with E-state index in [-0.39, 0.29) is 57.5 Å². The molecule has 5 N–H and O–H groups in total. The number of carboxylic acid groups (broad SMARTS) is 1. The maximum Gasteiger partial charge on any atom is 2.00 e. The van der Waals surface area contributed by atoms with Gasteiger partial charge in [-0.2, -0.15) is 0 Å². The molecular formula is C6H17CaNO5. The summed E-state index contributed by atoms with van der Waals surface area (Å²) >= 11 is 0. The van der Waals surface area contributed by atoms with Crippen molar-refractivity contribution in [2.75, 3.05) is 0 Å². The van der Waals surface area contributed by atoms with Crippen LogP contribution in [0, 0.1) is 10.8 Å². The van der Waals surface area contributed by atoms with E-state index in [1.54, 1.807) is 0 Å². The molecule has 7 heteroatoms. The molecule has 1 atom stereocenters. The first-order chi connectivity index (χ1) is 4.57. The Kier molecular flexibility index (Phi) is 21.9. The molecule has 0 fully saturated rings. The van der Waals surface area contributed by atoms with Crippen LogP contribution in [0.3, 0.4) is 0 Å². The van der Waals surface area contributed by atoms with Gasteiger partial charge in [0.2, 0.25) is 0 Å². The number of hydrogen-bond acceptors (Lipinski definition) is 3. The Hall–Kier alpha value is 0.250. The van der Waals surface area contributed by atoms with E-state index in [1.807, 2.05) is 13.8 Å². The Morgan fingerprint density at radius 3 is 1.92 bits per heavy atom. The van der Waals surface area contributed by atoms with Crippen LogP contribution in [0.4, 0.5) is 0 Å². The Morgan fingerprint density at radius 1 is 1.46 bits per heavy atom. The molecule has 78 valence electrons. The summed E-state index contributed by atoms with van der Waals surface area (Å²) < 4.78 is 0. The van der Waals surface area contributed by atoms with E-state index >= 15 is 0 Å². The molecule has 0 unspecified atom stereocenters. The second kappa shape index (κ2) is 12.2. The average Bonchev–Trinajstić information content (AvgIpc) is 1.81. The topological polar surface area (TPSA) is 130 Å². The first-order valence-corrected chi connectivity index (χ1v) is 3.13. The van der Waals surface area contributed by atoms with Crippen LogP contribution in [0.25, 0.3) is 0 Å². The van der Waals surface area contributed by atoms with Crippen molar-refractivity contribution in [2.45, 2.75) is 26.3 Å². The molecular weight excluding hydrogens is 206 g/mol. The molecule has 0 amide bonds. The minimum atomic E-state index is -1.14. The normalized spacial score (nSPS) is 10.1. The molecule has 0 heterocycles. The molecule has 0 aliphatic rings. The van der Waals surface area contributed by atoms with E-state index in [1.165, 1.54) is 0 Å². The van der Waals surface area contributed by atoms with Crippen LogP contribution >= 0.6 is 0 Å². The zero-order chi connectivity index (χ0) is 8.15. The molecule has 0 aromatic rings. The largest absolute Gasteiger partial charge is 2.00 e. The van der Waals surface area contributed by atoms with Gasteiger partial charge in [-0.05, 0) is 12.3 Å². The maximum absolute atomic E-state index is 10.2. The predicted molar refractivity (Wildman–Crippen MR) is 51.9 cm³/mol. The molecule has 0 radical (unpaired) electrons. The van der Waals surface area contributed by atoms with E-state index in [4.69, 9.17) is 5.11 Å². The summed E-state index contributed by atoms with van der Waals surface area (Å²) in [6, 6.07) is -1.07. The van der Waals surface area contributed by atoms with Crippen molar-refractivity contribution in [1.82, 2.24) is 0 Å². The van der Waals surface area contributed by atoms with E-state index < -0.39 is 12.0 Å². The van der Waals surface area contributed by atoms with Crippen LogP contribution in [0.15, 0.2) is 5.18 Å². The number of nitrogens with zero attached hydrogens (tertiary/aromatic N) is 1. The van der Waals surface area contributed by atoms with Gasteiger partial charge in [0.05, 0.1) is 0 Å². The molecule has 0 rings (SSSR count). The number of carbonyl (C=O) groups is 1. The fourth-order valence-corrected chi connectivity index (χ4v) is 0.635. The average molecular weight is 223 g/mol. The standard InChI is InChI=1S/C6H11NO3.Ca.2H2O.2H/c1-4(2)3-5(7-10)6(8)9;;;;;/h4-5H,3H2,1-2H3,(H,8,9);;2*1H2;;/q;+2;;;2*-1/t5-;;;;;/m0...../s1. The van der Waals surface area contributed by atoms with Gasteiger partial charge in [0.15, 0.2) is 6.04 Å². The molecule has 6 nitrogen and oxygen atoms in total. The number of rotatable bonds is 4. The van der Waals surface area contributed by atoms with Crippen molar-refractivity contribution in [1.29, 1.82) is 0 Å². The van der Waals surface area contributed by atoms with Gasteiger partial charge in [-0.3, -0.25) is 0 Å². The van der Waals surface area contributed by atoms with Gasteiger partial charge in [-0.15, -0.1) is 4.91 Å². The number of nitroso groups, excluding NO2 is 1. The van der Waals surface area contributed by atoms with E-state index in [0.29, 0.717) is 6.42 Å². The molecule has 0 aromatic heterocycles. The zero-order valence-corrected chi connectivity index (χ0v) is 9.99. The van der Waals surface area contributed by atoms with Gasteiger partial charge < -0.3 is 18.9 Å². The first kappa shape index (κ1) is 23.2. The maximum atomic E-state index is 10.2. The number of aliphatic carboxylic acids is 1. The summed E-state index contributed by atoms with van der Waals surface area (Å²) in [5.74, 6) is -0.942. The summed E-state index contributed by atoms with van der Waals surface area (Å²) in [6.45, 7) is 3.70. The molecule has 0 saturated carbocycles. The van der Waals surface area contributed by atoms with Crippen molar-refractivity contribution >= 4 is 43.7 Å². The van der Waals surface area contributed by atoms with Crippen LogP contribution < -0.4 is 0 Å². The third-order valence-electron chi connectivity index (χ3n) is 1.11. The molecule has 0 aliphatic heterocycles. The van der Waals surface area contributed by atoms with Crippen molar-refractivity contribution in [2.24, 2.45) is 11.1 Å². The first-order valence-electron chi connectivity index (χ1n) is 3.13. The Bertz CT molecular complexity index is 149. The number of carboxylic acids is 1. The van der Waals surface area contributed by atoms with E-state index in [9.17, 15) is 9.70 Å². The summed E-state index contributed by atoms with van der Waals surface area (Å²) in [4.78, 5) is 20.0. The summed E-state index contributed by atoms with van der Waals surface area (Å²) in [5, 5.41) is 10.8. The van der Waals surface area contributed by atoms with Gasteiger partial charge >= 0.3 is 43.7 Å². The molecule has 13 heavy (non-hydrogen) atoms. The Balaban J connectivity index is -0.0000000405. The summed E-state index contributed by atoms with van der Waals surface area (Å²) in [5.41, 5.74) is 0. The van der Waals surface area contributed by atoms with Gasteiger partial charge in [-0.25, -0.2) is 4.79 Å².